The number of rotatable bonds is 3. The summed E-state index contributed by atoms with van der Waals surface area (Å²) in [4.78, 5) is 19.0. The summed E-state index contributed by atoms with van der Waals surface area (Å²) >= 11 is 0. The molecule has 1 saturated heterocycles. The van der Waals surface area contributed by atoms with Crippen LogP contribution in [-0.4, -0.2) is 35.1 Å². The number of carbonyl (C=O) groups excluding carboxylic acids is 1. The van der Waals surface area contributed by atoms with Crippen molar-refractivity contribution in [3.05, 3.63) is 24.3 Å². The number of benzene rings is 1. The van der Waals surface area contributed by atoms with Crippen molar-refractivity contribution in [1.82, 2.24) is 14.9 Å². The lowest BCUT2D eigenvalue weighted by molar-refractivity contribution is -0.125. The topological polar surface area (TPSA) is 50.2 Å². The summed E-state index contributed by atoms with van der Waals surface area (Å²) in [5.41, 5.74) is 2.09. The first kappa shape index (κ1) is 14.5. The third kappa shape index (κ3) is 2.64. The molecule has 2 aromatic rings. The fourth-order valence-electron chi connectivity index (χ4n) is 3.07. The molecule has 5 nitrogen and oxygen atoms in total. The van der Waals surface area contributed by atoms with Crippen LogP contribution in [0, 0.1) is 18.3 Å². The second kappa shape index (κ2) is 6.10. The fraction of sp³-hybridized carbons (Fsp3) is 0.412. The molecular formula is C17H20N4O. The predicted octanol–water partition coefficient (Wildman–Crippen LogP) is 1.54. The Hall–Kier alpha value is -2.48. The van der Waals surface area contributed by atoms with Gasteiger partial charge in [0, 0.05) is 20.1 Å². The molecule has 114 valence electrons. The van der Waals surface area contributed by atoms with E-state index in [0.717, 1.165) is 36.4 Å². The van der Waals surface area contributed by atoms with E-state index in [1.54, 1.807) is 0 Å². The first-order valence-electron chi connectivity index (χ1n) is 7.58. The molecule has 1 atom stereocenters. The highest BCUT2D eigenvalue weighted by Crippen LogP contribution is 2.25. The van der Waals surface area contributed by atoms with Crippen molar-refractivity contribution in [2.24, 2.45) is 13.0 Å². The largest absolute Gasteiger partial charge is 0.345 e. The molecule has 1 aromatic carbocycles. The number of terminal acetylenes is 1. The molecule has 0 spiro atoms. The average molecular weight is 296 g/mol. The third-order valence-corrected chi connectivity index (χ3v) is 4.20. The minimum atomic E-state index is -0.0260. The van der Waals surface area contributed by atoms with Gasteiger partial charge in [0.25, 0.3) is 0 Å². The van der Waals surface area contributed by atoms with Crippen molar-refractivity contribution in [2.45, 2.75) is 12.8 Å². The summed E-state index contributed by atoms with van der Waals surface area (Å²) in [6, 6.07) is 8.08. The van der Waals surface area contributed by atoms with E-state index >= 15 is 0 Å². The first-order valence-corrected chi connectivity index (χ1v) is 7.58. The number of carbonyl (C=O) groups is 1. The highest BCUT2D eigenvalue weighted by Gasteiger charge is 2.27. The molecule has 0 aliphatic carbocycles. The quantitative estimate of drug-likeness (QED) is 0.874. The molecule has 0 radical (unpaired) electrons. The van der Waals surface area contributed by atoms with Crippen LogP contribution < -0.4 is 10.2 Å². The third-order valence-electron chi connectivity index (χ3n) is 4.20. The second-order valence-corrected chi connectivity index (χ2v) is 5.67. The van der Waals surface area contributed by atoms with Crippen LogP contribution in [0.3, 0.4) is 0 Å². The predicted molar refractivity (Wildman–Crippen MR) is 87.5 cm³/mol. The number of fused-ring (bicyclic) bond motifs is 1. The lowest BCUT2D eigenvalue weighted by Gasteiger charge is -2.32. The number of piperidine rings is 1. The zero-order valence-electron chi connectivity index (χ0n) is 12.7. The van der Waals surface area contributed by atoms with Crippen molar-refractivity contribution in [2.75, 3.05) is 24.5 Å². The summed E-state index contributed by atoms with van der Waals surface area (Å²) in [5, 5.41) is 2.79. The van der Waals surface area contributed by atoms with Gasteiger partial charge in [-0.2, -0.15) is 0 Å². The Balaban J connectivity index is 1.80. The molecule has 1 aliphatic heterocycles. The summed E-state index contributed by atoms with van der Waals surface area (Å²) in [6.45, 7) is 1.91. The molecule has 5 heteroatoms. The number of aryl methyl sites for hydroxylation is 1. The van der Waals surface area contributed by atoms with E-state index in [2.05, 4.69) is 26.8 Å². The van der Waals surface area contributed by atoms with Gasteiger partial charge in [-0.1, -0.05) is 18.1 Å². The van der Waals surface area contributed by atoms with Crippen molar-refractivity contribution >= 4 is 22.9 Å². The Kier molecular flexibility index (Phi) is 4.01. The van der Waals surface area contributed by atoms with Gasteiger partial charge >= 0.3 is 0 Å². The molecule has 1 N–H and O–H groups in total. The highest BCUT2D eigenvalue weighted by atomic mass is 16.1. The smallest absolute Gasteiger partial charge is 0.225 e. The van der Waals surface area contributed by atoms with Crippen molar-refractivity contribution in [3.63, 3.8) is 0 Å². The van der Waals surface area contributed by atoms with Crippen LogP contribution in [0.2, 0.25) is 0 Å². The number of nitrogens with one attached hydrogen (secondary N) is 1. The lowest BCUT2D eigenvalue weighted by atomic mass is 9.97. The zero-order chi connectivity index (χ0) is 15.5. The van der Waals surface area contributed by atoms with Gasteiger partial charge < -0.3 is 14.8 Å². The highest BCUT2D eigenvalue weighted by molar-refractivity contribution is 5.81. The Morgan fingerprint density at radius 1 is 1.50 bits per heavy atom. The monoisotopic (exact) mass is 296 g/mol. The normalized spacial score (nSPS) is 18.2. The summed E-state index contributed by atoms with van der Waals surface area (Å²) in [5.74, 6) is 3.39. The molecule has 0 saturated carbocycles. The van der Waals surface area contributed by atoms with E-state index in [-0.39, 0.29) is 11.8 Å². The van der Waals surface area contributed by atoms with Crippen LogP contribution in [0.5, 0.6) is 0 Å². The van der Waals surface area contributed by atoms with Gasteiger partial charge in [0.1, 0.15) is 0 Å². The van der Waals surface area contributed by atoms with Crippen LogP contribution in [0.4, 0.5) is 5.95 Å². The second-order valence-electron chi connectivity index (χ2n) is 5.67. The number of aromatic nitrogens is 2. The van der Waals surface area contributed by atoms with Gasteiger partial charge in [-0.3, -0.25) is 4.79 Å². The van der Waals surface area contributed by atoms with E-state index in [1.165, 1.54) is 0 Å². The molecule has 1 amide bonds. The molecular weight excluding hydrogens is 276 g/mol. The van der Waals surface area contributed by atoms with Gasteiger partial charge in [0.2, 0.25) is 11.9 Å². The number of para-hydroxylation sites is 2. The molecule has 1 fully saturated rings. The minimum Gasteiger partial charge on any atom is -0.345 e. The number of hydrogen-bond acceptors (Lipinski definition) is 3. The van der Waals surface area contributed by atoms with E-state index in [9.17, 15) is 4.79 Å². The Morgan fingerprint density at radius 3 is 3.09 bits per heavy atom. The van der Waals surface area contributed by atoms with Crippen molar-refractivity contribution < 1.29 is 4.79 Å². The SMILES string of the molecule is C#CCNC(=O)[C@H]1CCCN(c2nc3ccccc3n2C)C1. The van der Waals surface area contributed by atoms with Crippen LogP contribution in [0.1, 0.15) is 12.8 Å². The maximum absolute atomic E-state index is 12.1. The van der Waals surface area contributed by atoms with Crippen molar-refractivity contribution in [1.29, 1.82) is 0 Å². The Bertz CT molecular complexity index is 728. The van der Waals surface area contributed by atoms with Gasteiger partial charge in [-0.25, -0.2) is 4.98 Å². The average Bonchev–Trinajstić information content (AvgIpc) is 2.90. The Labute approximate surface area is 130 Å². The number of nitrogens with zero attached hydrogens (tertiary/aromatic N) is 3. The van der Waals surface area contributed by atoms with E-state index in [4.69, 9.17) is 11.4 Å². The van der Waals surface area contributed by atoms with Gasteiger partial charge in [-0.05, 0) is 25.0 Å². The van der Waals surface area contributed by atoms with Gasteiger partial charge in [0.15, 0.2) is 0 Å². The van der Waals surface area contributed by atoms with E-state index < -0.39 is 0 Å². The van der Waals surface area contributed by atoms with Gasteiger partial charge in [-0.15, -0.1) is 6.42 Å². The van der Waals surface area contributed by atoms with Crippen LogP contribution >= 0.6 is 0 Å². The number of amides is 1. The first-order chi connectivity index (χ1) is 10.7. The van der Waals surface area contributed by atoms with E-state index in [1.807, 2.05) is 25.2 Å². The van der Waals surface area contributed by atoms with Gasteiger partial charge in [0.05, 0.1) is 23.5 Å². The fourth-order valence-corrected chi connectivity index (χ4v) is 3.07. The minimum absolute atomic E-state index is 0.0260. The number of anilines is 1. The summed E-state index contributed by atoms with van der Waals surface area (Å²) in [6.07, 6.45) is 7.08. The molecule has 1 aromatic heterocycles. The van der Waals surface area contributed by atoms with Crippen molar-refractivity contribution in [3.8, 4) is 12.3 Å². The van der Waals surface area contributed by atoms with E-state index in [0.29, 0.717) is 13.1 Å². The van der Waals surface area contributed by atoms with Crippen LogP contribution in [0.25, 0.3) is 11.0 Å². The summed E-state index contributed by atoms with van der Waals surface area (Å²) in [7, 11) is 2.02. The lowest BCUT2D eigenvalue weighted by Crippen LogP contribution is -2.44. The maximum atomic E-state index is 12.1. The molecule has 22 heavy (non-hydrogen) atoms. The zero-order valence-corrected chi connectivity index (χ0v) is 12.7. The maximum Gasteiger partial charge on any atom is 0.225 e. The number of hydrogen-bond donors (Lipinski definition) is 1. The van der Waals surface area contributed by atoms with Crippen LogP contribution in [0.15, 0.2) is 24.3 Å². The number of imidazole rings is 1. The van der Waals surface area contributed by atoms with Crippen LogP contribution in [-0.2, 0) is 11.8 Å². The molecule has 1 aliphatic rings. The molecule has 3 rings (SSSR count). The molecule has 0 bridgehead atoms. The standard InChI is InChI=1S/C17H20N4O/c1-3-10-18-16(22)13-7-6-11-21(12-13)17-19-14-8-4-5-9-15(14)20(17)2/h1,4-5,8-9,13H,6-7,10-12H2,2H3,(H,18,22)/t13-/m0/s1. The summed E-state index contributed by atoms with van der Waals surface area (Å²) < 4.78 is 2.09. The molecule has 2 heterocycles. The molecule has 0 unspecified atom stereocenters. The Morgan fingerprint density at radius 2 is 2.32 bits per heavy atom.